The third-order valence-electron chi connectivity index (χ3n) is 8.08. The maximum Gasteiger partial charge on any atom is 0.294 e. The topological polar surface area (TPSA) is 63.6 Å². The molecule has 0 aliphatic rings. The lowest BCUT2D eigenvalue weighted by Gasteiger charge is -2.22. The van der Waals surface area contributed by atoms with E-state index < -0.39 is 10.1 Å². The molecule has 48 heavy (non-hydrogen) atoms. The molecule has 0 spiro atoms. The van der Waals surface area contributed by atoms with Crippen molar-refractivity contribution in [2.24, 2.45) is 0 Å². The van der Waals surface area contributed by atoms with Crippen LogP contribution in [-0.4, -0.2) is 18.6 Å². The van der Waals surface area contributed by atoms with E-state index in [-0.39, 0.29) is 10.5 Å². The monoisotopic (exact) mass is 650 g/mol. The third kappa shape index (κ3) is 7.18. The number of aryl methyl sites for hydroxylation is 1. The van der Waals surface area contributed by atoms with Crippen LogP contribution in [0.2, 0.25) is 0 Å². The Morgan fingerprint density at radius 3 is 1.56 bits per heavy atom. The van der Waals surface area contributed by atoms with Crippen molar-refractivity contribution in [2.75, 3.05) is 0 Å². The molecule has 0 heterocycles. The van der Waals surface area contributed by atoms with Crippen molar-refractivity contribution in [2.45, 2.75) is 38.2 Å². The molecule has 5 heteroatoms. The molecular weight excluding hydrogens is 613 g/mol. The van der Waals surface area contributed by atoms with Crippen molar-refractivity contribution in [3.05, 3.63) is 157 Å². The van der Waals surface area contributed by atoms with Gasteiger partial charge in [0.05, 0.1) is 4.90 Å². The summed E-state index contributed by atoms with van der Waals surface area (Å²) in [5.41, 5.74) is 8.14. The number of ether oxygens (including phenoxy) is 1. The Balaban J connectivity index is 0.000000312. The first kappa shape index (κ1) is 32.7. The van der Waals surface area contributed by atoms with Crippen molar-refractivity contribution in [1.82, 2.24) is 0 Å². The standard InChI is InChI=1S/C36H30O.C7H8O3S/c1-36(2,3)37-28-23-21-25(22-24-28)29-19-12-20-32-33(26-13-6-4-7-14-26)30-17-10-11-18-31(30)34(35(29)32)27-15-8-5-9-16-27;1-6-2-4-7(5-3-6)11(8,9)10/h4-24H,1-3H3;2-5H,1H3,(H,8,9,10). The first-order valence-corrected chi connectivity index (χ1v) is 17.4. The first-order valence-electron chi connectivity index (χ1n) is 15.9. The van der Waals surface area contributed by atoms with Crippen molar-refractivity contribution in [3.63, 3.8) is 0 Å². The second-order valence-corrected chi connectivity index (χ2v) is 14.2. The third-order valence-corrected chi connectivity index (χ3v) is 8.95. The van der Waals surface area contributed by atoms with Crippen LogP contribution in [0.1, 0.15) is 26.3 Å². The van der Waals surface area contributed by atoms with Crippen LogP contribution in [0.15, 0.2) is 157 Å². The Hall–Kier alpha value is -5.23. The molecule has 0 unspecified atom stereocenters. The summed E-state index contributed by atoms with van der Waals surface area (Å²) in [4.78, 5) is -0.0666. The molecule has 0 amide bonds. The quantitative estimate of drug-likeness (QED) is 0.149. The van der Waals surface area contributed by atoms with Crippen LogP contribution in [0.4, 0.5) is 0 Å². The van der Waals surface area contributed by atoms with E-state index >= 15 is 0 Å². The van der Waals surface area contributed by atoms with E-state index in [9.17, 15) is 8.42 Å². The average Bonchev–Trinajstić information content (AvgIpc) is 3.07. The minimum Gasteiger partial charge on any atom is -0.488 e. The highest BCUT2D eigenvalue weighted by Crippen LogP contribution is 2.47. The van der Waals surface area contributed by atoms with Crippen LogP contribution in [-0.2, 0) is 10.1 Å². The summed E-state index contributed by atoms with van der Waals surface area (Å²) in [5, 5.41) is 5.07. The molecule has 7 rings (SSSR count). The molecule has 0 saturated heterocycles. The second kappa shape index (κ2) is 13.5. The lowest BCUT2D eigenvalue weighted by molar-refractivity contribution is 0.131. The normalized spacial score (nSPS) is 11.6. The Labute approximate surface area is 283 Å². The highest BCUT2D eigenvalue weighted by molar-refractivity contribution is 7.85. The average molecular weight is 651 g/mol. The van der Waals surface area contributed by atoms with Crippen molar-refractivity contribution in [3.8, 4) is 39.1 Å². The molecule has 0 saturated carbocycles. The Bertz CT molecular complexity index is 2290. The van der Waals surface area contributed by atoms with E-state index in [2.05, 4.69) is 148 Å². The van der Waals surface area contributed by atoms with Crippen LogP contribution in [0, 0.1) is 6.92 Å². The molecule has 0 radical (unpaired) electrons. The molecule has 0 aliphatic carbocycles. The predicted octanol–water partition coefficient (Wildman–Crippen LogP) is 11.4. The molecule has 0 atom stereocenters. The van der Waals surface area contributed by atoms with E-state index in [1.807, 2.05) is 6.92 Å². The van der Waals surface area contributed by atoms with Gasteiger partial charge in [0.2, 0.25) is 0 Å². The van der Waals surface area contributed by atoms with Gasteiger partial charge in [0.1, 0.15) is 11.4 Å². The molecule has 7 aromatic rings. The van der Waals surface area contributed by atoms with E-state index in [4.69, 9.17) is 9.29 Å². The largest absolute Gasteiger partial charge is 0.488 e. The lowest BCUT2D eigenvalue weighted by Crippen LogP contribution is -2.22. The number of benzene rings is 7. The van der Waals surface area contributed by atoms with Crippen LogP contribution >= 0.6 is 0 Å². The van der Waals surface area contributed by atoms with Crippen molar-refractivity contribution in [1.29, 1.82) is 0 Å². The number of fused-ring (bicyclic) bond motifs is 2. The fraction of sp³-hybridized carbons (Fsp3) is 0.116. The van der Waals surface area contributed by atoms with Crippen LogP contribution in [0.3, 0.4) is 0 Å². The molecule has 1 N–H and O–H groups in total. The van der Waals surface area contributed by atoms with Gasteiger partial charge in [-0.15, -0.1) is 0 Å². The van der Waals surface area contributed by atoms with Crippen molar-refractivity contribution >= 4 is 31.7 Å². The van der Waals surface area contributed by atoms with Gasteiger partial charge in [-0.2, -0.15) is 8.42 Å². The van der Waals surface area contributed by atoms with Gasteiger partial charge in [0, 0.05) is 0 Å². The molecule has 0 fully saturated rings. The number of rotatable bonds is 5. The minimum atomic E-state index is -4.02. The van der Waals surface area contributed by atoms with E-state index in [1.54, 1.807) is 12.1 Å². The Morgan fingerprint density at radius 2 is 1.02 bits per heavy atom. The zero-order chi connectivity index (χ0) is 33.9. The molecule has 240 valence electrons. The van der Waals surface area contributed by atoms with E-state index in [1.165, 1.54) is 67.1 Å². The Kier molecular flexibility index (Phi) is 9.18. The highest BCUT2D eigenvalue weighted by Gasteiger charge is 2.19. The summed E-state index contributed by atoms with van der Waals surface area (Å²) >= 11 is 0. The first-order chi connectivity index (χ1) is 23.0. The van der Waals surface area contributed by atoms with Gasteiger partial charge < -0.3 is 4.74 Å². The lowest BCUT2D eigenvalue weighted by atomic mass is 9.83. The van der Waals surface area contributed by atoms with Crippen LogP contribution < -0.4 is 4.74 Å². The van der Waals surface area contributed by atoms with Gasteiger partial charge in [-0.25, -0.2) is 0 Å². The summed E-state index contributed by atoms with van der Waals surface area (Å²) in [5.74, 6) is 0.884. The summed E-state index contributed by atoms with van der Waals surface area (Å²) < 4.78 is 35.7. The number of hydrogen-bond acceptors (Lipinski definition) is 3. The van der Waals surface area contributed by atoms with Gasteiger partial charge in [-0.3, -0.25) is 4.55 Å². The van der Waals surface area contributed by atoms with Crippen LogP contribution in [0.25, 0.3) is 54.9 Å². The molecule has 7 aromatic carbocycles. The molecule has 0 aromatic heterocycles. The summed E-state index contributed by atoms with van der Waals surface area (Å²) in [6.45, 7) is 8.07. The number of hydrogen-bond donors (Lipinski definition) is 1. The zero-order valence-electron chi connectivity index (χ0n) is 27.5. The fourth-order valence-corrected chi connectivity index (χ4v) is 6.54. The fourth-order valence-electron chi connectivity index (χ4n) is 6.06. The SMILES string of the molecule is CC(C)(C)Oc1ccc(-c2cccc3c(-c4ccccc4)c4ccccc4c(-c4ccccc4)c23)cc1.Cc1ccc(S(=O)(=O)O)cc1. The highest BCUT2D eigenvalue weighted by atomic mass is 32.2. The van der Waals surface area contributed by atoms with Gasteiger partial charge >= 0.3 is 0 Å². The molecule has 0 bridgehead atoms. The maximum absolute atomic E-state index is 10.5. The summed E-state index contributed by atoms with van der Waals surface area (Å²) in [6, 6.07) is 51.6. The van der Waals surface area contributed by atoms with E-state index in [0.717, 1.165) is 11.3 Å². The predicted molar refractivity (Wildman–Crippen MR) is 199 cm³/mol. The van der Waals surface area contributed by atoms with Gasteiger partial charge in [0.25, 0.3) is 10.1 Å². The summed E-state index contributed by atoms with van der Waals surface area (Å²) in [6.07, 6.45) is 0. The van der Waals surface area contributed by atoms with Crippen molar-refractivity contribution < 1.29 is 17.7 Å². The molecule has 0 aliphatic heterocycles. The molecule has 4 nitrogen and oxygen atoms in total. The minimum absolute atomic E-state index is 0.0666. The van der Waals surface area contributed by atoms with Gasteiger partial charge in [-0.05, 0) is 107 Å². The maximum atomic E-state index is 10.5. The molecular formula is C43H38O4S. The smallest absolute Gasteiger partial charge is 0.294 e. The summed E-state index contributed by atoms with van der Waals surface area (Å²) in [7, 11) is -4.02. The van der Waals surface area contributed by atoms with Crippen LogP contribution in [0.5, 0.6) is 5.75 Å². The van der Waals surface area contributed by atoms with Gasteiger partial charge in [0.15, 0.2) is 0 Å². The Morgan fingerprint density at radius 1 is 0.521 bits per heavy atom. The van der Waals surface area contributed by atoms with Gasteiger partial charge in [-0.1, -0.05) is 133 Å². The second-order valence-electron chi connectivity index (χ2n) is 12.8. The van der Waals surface area contributed by atoms with E-state index in [0.29, 0.717) is 0 Å². The zero-order valence-corrected chi connectivity index (χ0v) is 28.3.